The number of thioether (sulfide) groups is 1. The summed E-state index contributed by atoms with van der Waals surface area (Å²) < 4.78 is 0.672. The van der Waals surface area contributed by atoms with E-state index >= 15 is 0 Å². The van der Waals surface area contributed by atoms with Crippen molar-refractivity contribution in [3.63, 3.8) is 0 Å². The molecule has 1 unspecified atom stereocenters. The Morgan fingerprint density at radius 3 is 2.12 bits per heavy atom. The van der Waals surface area contributed by atoms with Gasteiger partial charge < -0.3 is 24.8 Å². The van der Waals surface area contributed by atoms with Crippen molar-refractivity contribution in [1.82, 2.24) is 0 Å². The fraction of sp³-hybridized carbons (Fsp3) is 0.917. The zero-order valence-electron chi connectivity index (χ0n) is 11.0. The summed E-state index contributed by atoms with van der Waals surface area (Å²) in [5.41, 5.74) is 0. The Morgan fingerprint density at radius 1 is 1.12 bits per heavy atom. The maximum absolute atomic E-state index is 4.90. The van der Waals surface area contributed by atoms with E-state index in [1.165, 1.54) is 51.4 Å². The van der Waals surface area contributed by atoms with Gasteiger partial charge in [-0.3, -0.25) is 0 Å². The summed E-state index contributed by atoms with van der Waals surface area (Å²) in [5.74, 6) is 0. The summed E-state index contributed by atoms with van der Waals surface area (Å²) in [6.45, 7) is 4.48. The minimum Gasteiger partial charge on any atom is -0.422 e. The first-order valence-corrected chi connectivity index (χ1v) is 7.74. The molecule has 4 heteroatoms. The van der Waals surface area contributed by atoms with E-state index in [9.17, 15) is 0 Å². The molecular formula is C12H23KS3. The molecule has 16 heavy (non-hydrogen) atoms. The molecule has 0 amide bonds. The van der Waals surface area contributed by atoms with Crippen LogP contribution >= 0.6 is 24.0 Å². The molecule has 0 aliphatic carbocycles. The van der Waals surface area contributed by atoms with Crippen LogP contribution in [0.15, 0.2) is 0 Å². The number of thiocarbonyl (C=S) groups is 1. The third-order valence-corrected chi connectivity index (χ3v) is 3.92. The fourth-order valence-electron chi connectivity index (χ4n) is 1.61. The minimum atomic E-state index is 0. The molecule has 0 radical (unpaired) electrons. The third-order valence-electron chi connectivity index (χ3n) is 2.51. The number of hydrogen-bond acceptors (Lipinski definition) is 3. The van der Waals surface area contributed by atoms with E-state index < -0.39 is 0 Å². The van der Waals surface area contributed by atoms with E-state index in [0.717, 1.165) is 0 Å². The van der Waals surface area contributed by atoms with Crippen LogP contribution in [0.5, 0.6) is 0 Å². The molecule has 0 spiro atoms. The van der Waals surface area contributed by atoms with Gasteiger partial charge in [-0.15, -0.1) is 11.8 Å². The van der Waals surface area contributed by atoms with Gasteiger partial charge in [0, 0.05) is 5.25 Å². The SMILES string of the molecule is CCCCCCCCCC(C)SC(=S)[S-].[K+]. The predicted octanol–water partition coefficient (Wildman–Crippen LogP) is 2.08. The zero-order valence-corrected chi connectivity index (χ0v) is 16.5. The minimum absolute atomic E-state index is 0. The van der Waals surface area contributed by atoms with Crippen molar-refractivity contribution in [3.8, 4) is 0 Å². The molecular weight excluding hydrogens is 279 g/mol. The Labute approximate surface area is 159 Å². The second-order valence-corrected chi connectivity index (χ2v) is 7.13. The van der Waals surface area contributed by atoms with Gasteiger partial charge >= 0.3 is 51.4 Å². The fourth-order valence-corrected chi connectivity index (χ4v) is 3.21. The summed E-state index contributed by atoms with van der Waals surface area (Å²) in [4.78, 5) is 0. The molecule has 0 rings (SSSR count). The predicted molar refractivity (Wildman–Crippen MR) is 79.6 cm³/mol. The van der Waals surface area contributed by atoms with Gasteiger partial charge in [0.2, 0.25) is 0 Å². The van der Waals surface area contributed by atoms with Gasteiger partial charge in [-0.1, -0.05) is 62.3 Å². The molecule has 0 aromatic rings. The number of rotatable bonds is 9. The van der Waals surface area contributed by atoms with Crippen LogP contribution in [-0.4, -0.2) is 8.78 Å². The molecule has 1 atom stereocenters. The molecule has 0 bridgehead atoms. The molecule has 0 saturated heterocycles. The van der Waals surface area contributed by atoms with Crippen LogP contribution in [0.4, 0.5) is 0 Å². The van der Waals surface area contributed by atoms with Gasteiger partial charge in [0.1, 0.15) is 0 Å². The average Bonchev–Trinajstić information content (AvgIpc) is 2.15. The molecule has 0 nitrogen and oxygen atoms in total. The maximum atomic E-state index is 4.90. The largest absolute Gasteiger partial charge is 1.00 e. The van der Waals surface area contributed by atoms with Crippen LogP contribution in [0.1, 0.15) is 65.2 Å². The second-order valence-electron chi connectivity index (χ2n) is 4.09. The molecule has 0 aliphatic heterocycles. The molecule has 0 aromatic heterocycles. The molecule has 0 saturated carbocycles. The molecule has 0 heterocycles. The molecule has 0 aliphatic rings. The average molecular weight is 303 g/mol. The van der Waals surface area contributed by atoms with Crippen LogP contribution in [0.3, 0.4) is 0 Å². The van der Waals surface area contributed by atoms with Crippen LogP contribution in [0.25, 0.3) is 0 Å². The van der Waals surface area contributed by atoms with Crippen molar-refractivity contribution in [2.75, 3.05) is 0 Å². The normalized spacial score (nSPS) is 11.9. The van der Waals surface area contributed by atoms with Gasteiger partial charge in [-0.05, 0) is 6.42 Å². The Balaban J connectivity index is 0. The van der Waals surface area contributed by atoms with E-state index in [0.29, 0.717) is 8.78 Å². The molecule has 0 fully saturated rings. The van der Waals surface area contributed by atoms with Crippen molar-refractivity contribution < 1.29 is 51.4 Å². The van der Waals surface area contributed by atoms with E-state index in [-0.39, 0.29) is 51.4 Å². The summed E-state index contributed by atoms with van der Waals surface area (Å²) in [6, 6.07) is 0. The smallest absolute Gasteiger partial charge is 0.422 e. The van der Waals surface area contributed by atoms with Crippen LogP contribution in [-0.2, 0) is 12.6 Å². The van der Waals surface area contributed by atoms with Crippen LogP contribution in [0.2, 0.25) is 0 Å². The second kappa shape index (κ2) is 15.4. The van der Waals surface area contributed by atoms with Crippen molar-refractivity contribution >= 4 is 40.1 Å². The Morgan fingerprint density at radius 2 is 1.62 bits per heavy atom. The summed E-state index contributed by atoms with van der Waals surface area (Å²) in [5, 5.41) is 0.616. The summed E-state index contributed by atoms with van der Waals surface area (Å²) >= 11 is 11.5. The third kappa shape index (κ3) is 16.3. The summed E-state index contributed by atoms with van der Waals surface area (Å²) in [7, 11) is 0. The number of hydrogen-bond donors (Lipinski definition) is 0. The van der Waals surface area contributed by atoms with Gasteiger partial charge in [0.25, 0.3) is 0 Å². The standard InChI is InChI=1S/C12H24S3.K/c1-3-4-5-6-7-8-9-10-11(2)15-12(13)14;/h11H,3-10H2,1-2H3,(H,13,14);/q;+1/p-1. The molecule has 0 aromatic carbocycles. The Kier molecular flexibility index (Phi) is 19.8. The zero-order chi connectivity index (χ0) is 11.5. The Bertz CT molecular complexity index is 162. The van der Waals surface area contributed by atoms with E-state index in [1.54, 1.807) is 11.8 Å². The van der Waals surface area contributed by atoms with Crippen LogP contribution < -0.4 is 51.4 Å². The van der Waals surface area contributed by atoms with E-state index in [1.807, 2.05) is 0 Å². The first-order valence-electron chi connectivity index (χ1n) is 6.04. The first kappa shape index (κ1) is 20.6. The molecule has 90 valence electrons. The van der Waals surface area contributed by atoms with Crippen molar-refractivity contribution in [1.29, 1.82) is 0 Å². The van der Waals surface area contributed by atoms with Crippen molar-refractivity contribution in [2.24, 2.45) is 0 Å². The van der Waals surface area contributed by atoms with Crippen molar-refractivity contribution in [3.05, 3.63) is 0 Å². The van der Waals surface area contributed by atoms with Crippen molar-refractivity contribution in [2.45, 2.75) is 70.5 Å². The molecule has 0 N–H and O–H groups in total. The number of unbranched alkanes of at least 4 members (excludes halogenated alkanes) is 6. The first-order chi connectivity index (χ1) is 7.16. The maximum Gasteiger partial charge on any atom is 1.00 e. The van der Waals surface area contributed by atoms with E-state index in [2.05, 4.69) is 13.8 Å². The quantitative estimate of drug-likeness (QED) is 0.277. The van der Waals surface area contributed by atoms with Gasteiger partial charge in [-0.25, -0.2) is 0 Å². The van der Waals surface area contributed by atoms with Gasteiger partial charge in [0.05, 0.1) is 0 Å². The van der Waals surface area contributed by atoms with E-state index in [4.69, 9.17) is 24.8 Å². The van der Waals surface area contributed by atoms with Gasteiger partial charge in [0.15, 0.2) is 0 Å². The monoisotopic (exact) mass is 302 g/mol. The topological polar surface area (TPSA) is 0 Å². The summed E-state index contributed by atoms with van der Waals surface area (Å²) in [6.07, 6.45) is 10.9. The Hall–Kier alpha value is 2.30. The van der Waals surface area contributed by atoms with Crippen LogP contribution in [0, 0.1) is 0 Å². The van der Waals surface area contributed by atoms with Gasteiger partial charge in [-0.2, -0.15) is 0 Å².